The lowest BCUT2D eigenvalue weighted by Gasteiger charge is -2.31. The van der Waals surface area contributed by atoms with E-state index in [1.165, 1.54) is 26.0 Å². The monoisotopic (exact) mass is 393 g/mol. The molecule has 1 unspecified atom stereocenters. The van der Waals surface area contributed by atoms with Crippen LogP contribution in [0.2, 0.25) is 0 Å². The summed E-state index contributed by atoms with van der Waals surface area (Å²) >= 11 is 1.03. The lowest BCUT2D eigenvalue weighted by molar-refractivity contribution is -0.137. The predicted molar refractivity (Wildman–Crippen MR) is 89.0 cm³/mol. The van der Waals surface area contributed by atoms with Gasteiger partial charge in [-0.25, -0.2) is 0 Å². The Kier molecular flexibility index (Phi) is 4.84. The molecule has 0 radical (unpaired) electrons. The minimum absolute atomic E-state index is 0.132. The third-order valence-corrected chi connectivity index (χ3v) is 5.61. The molecule has 0 aromatic heterocycles. The van der Waals surface area contributed by atoms with Gasteiger partial charge in [0.05, 0.1) is 22.7 Å². The summed E-state index contributed by atoms with van der Waals surface area (Å²) in [5, 5.41) is 7.43. The molecule has 0 saturated carbocycles. The Balaban J connectivity index is 2.71. The van der Waals surface area contributed by atoms with Gasteiger partial charge in [-0.05, 0) is 38.3 Å². The fourth-order valence-electron chi connectivity index (χ4n) is 2.67. The highest BCUT2D eigenvalue weighted by molar-refractivity contribution is 8.13. The van der Waals surface area contributed by atoms with Gasteiger partial charge < -0.3 is 0 Å². The molecule has 0 bridgehead atoms. The second-order valence-electron chi connectivity index (χ2n) is 5.83. The third kappa shape index (κ3) is 3.61. The molecule has 0 saturated heterocycles. The number of rotatable bonds is 2. The van der Waals surface area contributed by atoms with E-state index in [9.17, 15) is 26.1 Å². The first-order valence-corrected chi connectivity index (χ1v) is 9.56. The molecule has 0 fully saturated rings. The molecule has 1 aliphatic rings. The number of anilines is 1. The van der Waals surface area contributed by atoms with E-state index in [-0.39, 0.29) is 10.9 Å². The van der Waals surface area contributed by atoms with Crippen LogP contribution in [-0.2, 0) is 16.3 Å². The van der Waals surface area contributed by atoms with Gasteiger partial charge in [-0.1, -0.05) is 11.8 Å². The highest BCUT2D eigenvalue weighted by atomic mass is 32.2. The number of halogens is 3. The normalized spacial score (nSPS) is 20.3. The number of alkyl halides is 3. The molecule has 136 valence electrons. The SMILES string of the molecule is CSC1=NC(C)(C)C(S(=O)(=O)O)N1c1ccc(C#N)c(C(F)(F)F)c1. The molecule has 1 aromatic carbocycles. The van der Waals surface area contributed by atoms with Crippen molar-refractivity contribution in [1.29, 1.82) is 5.26 Å². The first-order valence-electron chi connectivity index (χ1n) is 6.83. The van der Waals surface area contributed by atoms with Crippen LogP contribution in [0.1, 0.15) is 25.0 Å². The van der Waals surface area contributed by atoms with E-state index in [1.54, 1.807) is 6.26 Å². The first kappa shape index (κ1) is 19.6. The summed E-state index contributed by atoms with van der Waals surface area (Å²) in [4.78, 5) is 5.24. The molecule has 1 aliphatic heterocycles. The van der Waals surface area contributed by atoms with Crippen molar-refractivity contribution in [3.63, 3.8) is 0 Å². The number of benzene rings is 1. The number of thioether (sulfide) groups is 1. The second-order valence-corrected chi connectivity index (χ2v) is 8.08. The van der Waals surface area contributed by atoms with E-state index >= 15 is 0 Å². The van der Waals surface area contributed by atoms with Gasteiger partial charge in [0.1, 0.15) is 0 Å². The Morgan fingerprint density at radius 1 is 1.40 bits per heavy atom. The van der Waals surface area contributed by atoms with E-state index < -0.39 is 38.3 Å². The first-order chi connectivity index (χ1) is 11.3. The van der Waals surface area contributed by atoms with Gasteiger partial charge in [0.15, 0.2) is 10.5 Å². The molecule has 1 atom stereocenters. The van der Waals surface area contributed by atoms with Crippen molar-refractivity contribution in [3.05, 3.63) is 29.3 Å². The molecule has 0 spiro atoms. The lowest BCUT2D eigenvalue weighted by Crippen LogP contribution is -2.49. The third-order valence-electron chi connectivity index (χ3n) is 3.60. The number of nitriles is 1. The maximum Gasteiger partial charge on any atom is 0.417 e. The Morgan fingerprint density at radius 2 is 2.00 bits per heavy atom. The van der Waals surface area contributed by atoms with E-state index in [2.05, 4.69) is 4.99 Å². The molecule has 2 rings (SSSR count). The molecule has 1 N–H and O–H groups in total. The Hall–Kier alpha value is -1.77. The zero-order valence-corrected chi connectivity index (χ0v) is 15.0. The van der Waals surface area contributed by atoms with Crippen molar-refractivity contribution in [3.8, 4) is 6.07 Å². The summed E-state index contributed by atoms with van der Waals surface area (Å²) in [5.74, 6) is 0. The van der Waals surface area contributed by atoms with Gasteiger partial charge in [-0.15, -0.1) is 0 Å². The van der Waals surface area contributed by atoms with Crippen LogP contribution in [0, 0.1) is 11.3 Å². The van der Waals surface area contributed by atoms with Crippen LogP contribution in [0.3, 0.4) is 0 Å². The Morgan fingerprint density at radius 3 is 2.44 bits per heavy atom. The predicted octanol–water partition coefficient (Wildman–Crippen LogP) is 3.11. The minimum Gasteiger partial charge on any atom is -0.299 e. The quantitative estimate of drug-likeness (QED) is 0.776. The minimum atomic E-state index is -4.79. The zero-order chi connectivity index (χ0) is 19.2. The summed E-state index contributed by atoms with van der Waals surface area (Å²) in [6.45, 7) is 2.91. The van der Waals surface area contributed by atoms with Gasteiger partial charge in [0, 0.05) is 5.69 Å². The fourth-order valence-corrected chi connectivity index (χ4v) is 4.74. The van der Waals surface area contributed by atoms with Crippen LogP contribution in [0.15, 0.2) is 23.2 Å². The van der Waals surface area contributed by atoms with E-state index in [0.29, 0.717) is 6.07 Å². The second kappa shape index (κ2) is 6.19. The molecular formula is C14H14F3N3O3S2. The molecule has 25 heavy (non-hydrogen) atoms. The number of aliphatic imine (C=N–C) groups is 1. The molecule has 6 nitrogen and oxygen atoms in total. The fraction of sp³-hybridized carbons (Fsp3) is 0.429. The van der Waals surface area contributed by atoms with Crippen molar-refractivity contribution in [2.45, 2.75) is 30.9 Å². The van der Waals surface area contributed by atoms with Gasteiger partial charge in [0.25, 0.3) is 10.1 Å². The molecule has 1 aromatic rings. The van der Waals surface area contributed by atoms with Crippen molar-refractivity contribution in [1.82, 2.24) is 0 Å². The highest BCUT2D eigenvalue weighted by Crippen LogP contribution is 2.40. The van der Waals surface area contributed by atoms with Crippen molar-refractivity contribution < 1.29 is 26.1 Å². The van der Waals surface area contributed by atoms with Gasteiger partial charge in [-0.3, -0.25) is 14.4 Å². The molecule has 0 aliphatic carbocycles. The number of hydrogen-bond donors (Lipinski definition) is 1. The Bertz CT molecular complexity index is 874. The molecule has 1 heterocycles. The van der Waals surface area contributed by atoms with Gasteiger partial charge in [0.2, 0.25) is 0 Å². The maximum absolute atomic E-state index is 13.2. The standard InChI is InChI=1S/C14H14F3N3O3S2/c1-13(2)11(25(21,22)23)20(12(19-13)24-3)9-5-4-8(7-18)10(6-9)14(15,16)17/h4-6,11H,1-3H3,(H,21,22,23). The van der Waals surface area contributed by atoms with Crippen LogP contribution in [0.5, 0.6) is 0 Å². The average molecular weight is 393 g/mol. The van der Waals surface area contributed by atoms with Crippen LogP contribution >= 0.6 is 11.8 Å². The van der Waals surface area contributed by atoms with Crippen LogP contribution in [0.4, 0.5) is 18.9 Å². The lowest BCUT2D eigenvalue weighted by atomic mass is 10.0. The smallest absolute Gasteiger partial charge is 0.299 e. The molecule has 0 amide bonds. The Labute approximate surface area is 147 Å². The van der Waals surface area contributed by atoms with Crippen molar-refractivity contribution >= 4 is 32.7 Å². The van der Waals surface area contributed by atoms with Crippen molar-refractivity contribution in [2.75, 3.05) is 11.2 Å². The van der Waals surface area contributed by atoms with Crippen LogP contribution in [-0.4, -0.2) is 35.3 Å². The summed E-state index contributed by atoms with van der Waals surface area (Å²) in [6, 6.07) is 4.30. The number of hydrogen-bond acceptors (Lipinski definition) is 6. The van der Waals surface area contributed by atoms with E-state index in [1.807, 2.05) is 0 Å². The summed E-state index contributed by atoms with van der Waals surface area (Å²) in [7, 11) is -4.66. The van der Waals surface area contributed by atoms with Gasteiger partial charge in [-0.2, -0.15) is 26.9 Å². The summed E-state index contributed by atoms with van der Waals surface area (Å²) in [6.07, 6.45) is -3.21. The topological polar surface area (TPSA) is 93.8 Å². The van der Waals surface area contributed by atoms with Crippen LogP contribution < -0.4 is 4.90 Å². The van der Waals surface area contributed by atoms with Crippen molar-refractivity contribution in [2.24, 2.45) is 4.99 Å². The largest absolute Gasteiger partial charge is 0.417 e. The summed E-state index contributed by atoms with van der Waals surface area (Å²) in [5.41, 5.74) is -3.18. The zero-order valence-electron chi connectivity index (χ0n) is 13.4. The summed E-state index contributed by atoms with van der Waals surface area (Å²) < 4.78 is 72.9. The number of nitrogens with zero attached hydrogens (tertiary/aromatic N) is 3. The van der Waals surface area contributed by atoms with Gasteiger partial charge >= 0.3 is 6.18 Å². The number of amidine groups is 1. The molecular weight excluding hydrogens is 379 g/mol. The maximum atomic E-state index is 13.2. The van der Waals surface area contributed by atoms with Crippen LogP contribution in [0.25, 0.3) is 0 Å². The highest BCUT2D eigenvalue weighted by Gasteiger charge is 2.50. The van der Waals surface area contributed by atoms with E-state index in [0.717, 1.165) is 22.7 Å². The molecule has 11 heteroatoms. The van der Waals surface area contributed by atoms with E-state index in [4.69, 9.17) is 5.26 Å². The average Bonchev–Trinajstić information content (AvgIpc) is 2.76.